The van der Waals surface area contributed by atoms with Gasteiger partial charge in [-0.25, -0.2) is 4.99 Å². The Morgan fingerprint density at radius 1 is 1.29 bits per heavy atom. The van der Waals surface area contributed by atoms with E-state index in [0.717, 1.165) is 5.75 Å². The fraction of sp³-hybridized carbons (Fsp3) is 0.250. The van der Waals surface area contributed by atoms with Crippen LogP contribution >= 0.6 is 23.4 Å². The smallest absolute Gasteiger partial charge is 0.238 e. The largest absolute Gasteiger partial charge is 0.494 e. The molecule has 1 saturated heterocycles. The van der Waals surface area contributed by atoms with Gasteiger partial charge in [-0.15, -0.1) is 0 Å². The molecule has 1 N–H and O–H groups in total. The van der Waals surface area contributed by atoms with E-state index < -0.39 is 5.25 Å². The maximum Gasteiger partial charge on any atom is 0.238 e. The van der Waals surface area contributed by atoms with Crippen LogP contribution < -0.4 is 10.1 Å². The summed E-state index contributed by atoms with van der Waals surface area (Å²) in [5, 5.41) is 3.12. The Kier molecular flexibility index (Phi) is 6.59. The van der Waals surface area contributed by atoms with Gasteiger partial charge < -0.3 is 10.1 Å². The number of para-hydroxylation sites is 1. The number of amides is 2. The van der Waals surface area contributed by atoms with Gasteiger partial charge in [-0.2, -0.15) is 0 Å². The molecule has 146 valence electrons. The number of rotatable bonds is 5. The van der Waals surface area contributed by atoms with Crippen molar-refractivity contribution in [2.24, 2.45) is 4.99 Å². The number of nitrogens with zero attached hydrogens (tertiary/aromatic N) is 2. The van der Waals surface area contributed by atoms with E-state index in [9.17, 15) is 9.59 Å². The molecule has 0 radical (unpaired) electrons. The molecule has 1 aliphatic heterocycles. The maximum absolute atomic E-state index is 12.7. The van der Waals surface area contributed by atoms with Crippen LogP contribution in [0.5, 0.6) is 5.75 Å². The van der Waals surface area contributed by atoms with E-state index in [4.69, 9.17) is 16.3 Å². The lowest BCUT2D eigenvalue weighted by atomic mass is 10.2. The number of carbonyl (C=O) groups is 2. The minimum absolute atomic E-state index is 0.0970. The highest BCUT2D eigenvalue weighted by Crippen LogP contribution is 2.30. The summed E-state index contributed by atoms with van der Waals surface area (Å²) in [4.78, 5) is 31.0. The zero-order valence-corrected chi connectivity index (χ0v) is 17.1. The summed E-state index contributed by atoms with van der Waals surface area (Å²) < 4.78 is 5.42. The fourth-order valence-electron chi connectivity index (χ4n) is 2.57. The quantitative estimate of drug-likeness (QED) is 0.786. The molecule has 3 rings (SSSR count). The fourth-order valence-corrected chi connectivity index (χ4v) is 3.81. The Bertz CT molecular complexity index is 902. The van der Waals surface area contributed by atoms with Crippen LogP contribution in [-0.2, 0) is 9.59 Å². The number of hydrogen-bond acceptors (Lipinski definition) is 5. The summed E-state index contributed by atoms with van der Waals surface area (Å²) in [7, 11) is 1.66. The first-order valence-electron chi connectivity index (χ1n) is 8.78. The second kappa shape index (κ2) is 9.12. The topological polar surface area (TPSA) is 71.0 Å². The third-order valence-electron chi connectivity index (χ3n) is 4.07. The number of aliphatic imine (C=N–C) groups is 1. The molecular weight excluding hydrogens is 398 g/mol. The summed E-state index contributed by atoms with van der Waals surface area (Å²) in [5.74, 6) is 0.311. The predicted octanol–water partition coefficient (Wildman–Crippen LogP) is 4.33. The highest BCUT2D eigenvalue weighted by atomic mass is 35.5. The van der Waals surface area contributed by atoms with Gasteiger partial charge in [0.2, 0.25) is 11.8 Å². The van der Waals surface area contributed by atoms with Gasteiger partial charge in [-0.1, -0.05) is 35.5 Å². The van der Waals surface area contributed by atoms with Crippen LogP contribution in [-0.4, -0.2) is 40.8 Å². The molecule has 0 saturated carbocycles. The van der Waals surface area contributed by atoms with Crippen molar-refractivity contribution in [2.45, 2.75) is 18.6 Å². The monoisotopic (exact) mass is 417 g/mol. The van der Waals surface area contributed by atoms with Gasteiger partial charge in [0.1, 0.15) is 11.0 Å². The van der Waals surface area contributed by atoms with Gasteiger partial charge in [0.25, 0.3) is 0 Å². The molecule has 2 aromatic rings. The van der Waals surface area contributed by atoms with E-state index in [-0.39, 0.29) is 18.2 Å². The molecule has 0 spiro atoms. The summed E-state index contributed by atoms with van der Waals surface area (Å²) in [6, 6.07) is 14.2. The van der Waals surface area contributed by atoms with Crippen molar-refractivity contribution in [3.05, 3.63) is 53.6 Å². The van der Waals surface area contributed by atoms with E-state index in [2.05, 4.69) is 10.3 Å². The lowest BCUT2D eigenvalue weighted by Crippen LogP contribution is -2.43. The summed E-state index contributed by atoms with van der Waals surface area (Å²) in [6.45, 7) is 2.50. The minimum atomic E-state index is -0.582. The number of anilines is 1. The molecule has 1 heterocycles. The van der Waals surface area contributed by atoms with Gasteiger partial charge >= 0.3 is 0 Å². The molecular formula is C20H20ClN3O3S. The SMILES string of the molecule is CCOc1ccc(N=C2SC(C(=O)Nc3ccccc3Cl)CC(=O)N2C)cc1. The van der Waals surface area contributed by atoms with Crippen LogP contribution in [0.25, 0.3) is 0 Å². The molecule has 6 nitrogen and oxygen atoms in total. The van der Waals surface area contributed by atoms with E-state index in [1.54, 1.807) is 31.3 Å². The highest BCUT2D eigenvalue weighted by Gasteiger charge is 2.34. The molecule has 0 aliphatic carbocycles. The number of benzene rings is 2. The first-order chi connectivity index (χ1) is 13.5. The van der Waals surface area contributed by atoms with Gasteiger partial charge in [-0.3, -0.25) is 14.5 Å². The minimum Gasteiger partial charge on any atom is -0.494 e. The number of amidine groups is 1. The first kappa shape index (κ1) is 20.2. The van der Waals surface area contributed by atoms with Crippen LogP contribution in [0.1, 0.15) is 13.3 Å². The Labute approximate surface area is 172 Å². The number of ether oxygens (including phenoxy) is 1. The average molecular weight is 418 g/mol. The number of thioether (sulfide) groups is 1. The second-order valence-corrected chi connectivity index (χ2v) is 7.63. The molecule has 0 aromatic heterocycles. The summed E-state index contributed by atoms with van der Waals surface area (Å²) in [6.07, 6.45) is 0.0970. The lowest BCUT2D eigenvalue weighted by Gasteiger charge is -2.28. The van der Waals surface area contributed by atoms with Crippen LogP contribution in [0.15, 0.2) is 53.5 Å². The normalized spacial score (nSPS) is 18.2. The molecule has 0 bridgehead atoms. The molecule has 28 heavy (non-hydrogen) atoms. The van der Waals surface area contributed by atoms with Crippen molar-refractivity contribution in [1.29, 1.82) is 0 Å². The summed E-state index contributed by atoms with van der Waals surface area (Å²) in [5.41, 5.74) is 1.20. The number of carbonyl (C=O) groups excluding carboxylic acids is 2. The lowest BCUT2D eigenvalue weighted by molar-refractivity contribution is -0.128. The van der Waals surface area contributed by atoms with Crippen molar-refractivity contribution < 1.29 is 14.3 Å². The van der Waals surface area contributed by atoms with Crippen molar-refractivity contribution in [3.8, 4) is 5.75 Å². The van der Waals surface area contributed by atoms with Gasteiger partial charge in [0.15, 0.2) is 5.17 Å². The number of hydrogen-bond donors (Lipinski definition) is 1. The maximum atomic E-state index is 12.7. The predicted molar refractivity (Wildman–Crippen MR) is 114 cm³/mol. The number of halogens is 1. The van der Waals surface area contributed by atoms with Crippen molar-refractivity contribution in [2.75, 3.05) is 19.0 Å². The van der Waals surface area contributed by atoms with Gasteiger partial charge in [0, 0.05) is 13.5 Å². The van der Waals surface area contributed by atoms with E-state index in [1.807, 2.05) is 31.2 Å². The zero-order valence-electron chi connectivity index (χ0n) is 15.5. The second-order valence-electron chi connectivity index (χ2n) is 6.05. The van der Waals surface area contributed by atoms with E-state index in [1.165, 1.54) is 16.7 Å². The molecule has 2 aromatic carbocycles. The molecule has 1 fully saturated rings. The Morgan fingerprint density at radius 3 is 2.68 bits per heavy atom. The molecule has 1 aliphatic rings. The van der Waals surface area contributed by atoms with Crippen LogP contribution in [0.4, 0.5) is 11.4 Å². The van der Waals surface area contributed by atoms with Crippen LogP contribution in [0.3, 0.4) is 0 Å². The molecule has 1 atom stereocenters. The van der Waals surface area contributed by atoms with Gasteiger partial charge in [-0.05, 0) is 43.3 Å². The summed E-state index contributed by atoms with van der Waals surface area (Å²) >= 11 is 7.35. The van der Waals surface area contributed by atoms with E-state index in [0.29, 0.717) is 28.2 Å². The average Bonchev–Trinajstić information content (AvgIpc) is 2.68. The van der Waals surface area contributed by atoms with Crippen LogP contribution in [0.2, 0.25) is 5.02 Å². The standard InChI is InChI=1S/C20H20ClN3O3S/c1-3-27-14-10-8-13(9-11-14)22-20-24(2)18(25)12-17(28-20)19(26)23-16-7-5-4-6-15(16)21/h4-11,17H,3,12H2,1-2H3,(H,23,26). The van der Waals surface area contributed by atoms with Crippen LogP contribution in [0, 0.1) is 0 Å². The Hall–Kier alpha value is -2.51. The van der Waals surface area contributed by atoms with Crippen molar-refractivity contribution in [3.63, 3.8) is 0 Å². The third kappa shape index (κ3) is 4.85. The molecule has 2 amide bonds. The molecule has 8 heteroatoms. The highest BCUT2D eigenvalue weighted by molar-refractivity contribution is 8.15. The zero-order chi connectivity index (χ0) is 20.1. The van der Waals surface area contributed by atoms with E-state index >= 15 is 0 Å². The van der Waals surface area contributed by atoms with Crippen molar-refractivity contribution in [1.82, 2.24) is 4.90 Å². The number of nitrogens with one attached hydrogen (secondary N) is 1. The first-order valence-corrected chi connectivity index (χ1v) is 10.0. The van der Waals surface area contributed by atoms with Gasteiger partial charge in [0.05, 0.1) is 23.0 Å². The Morgan fingerprint density at radius 2 is 2.00 bits per heavy atom. The third-order valence-corrected chi connectivity index (χ3v) is 5.64. The molecule has 1 unspecified atom stereocenters. The van der Waals surface area contributed by atoms with Crippen molar-refractivity contribution >= 4 is 51.7 Å². The Balaban J connectivity index is 1.76.